The van der Waals surface area contributed by atoms with Gasteiger partial charge in [-0.3, -0.25) is 0 Å². The van der Waals surface area contributed by atoms with E-state index in [2.05, 4.69) is 4.72 Å². The fourth-order valence-corrected chi connectivity index (χ4v) is 5.20. The number of hydrogen-bond donors (Lipinski definition) is 2. The molecular formula is C13H16ClNO3S2. The summed E-state index contributed by atoms with van der Waals surface area (Å²) in [6.45, 7) is 3.37. The number of rotatable bonds is 5. The Bertz CT molecular complexity index is 721. The number of nitrogens with one attached hydrogen (secondary N) is 1. The molecule has 1 aromatic carbocycles. The summed E-state index contributed by atoms with van der Waals surface area (Å²) < 4.78 is 28.5. The molecule has 7 heteroatoms. The van der Waals surface area contributed by atoms with E-state index < -0.39 is 16.1 Å². The monoisotopic (exact) mass is 333 g/mol. The van der Waals surface area contributed by atoms with E-state index in [1.807, 2.05) is 13.0 Å². The van der Waals surface area contributed by atoms with Crippen LogP contribution in [0.15, 0.2) is 22.4 Å². The van der Waals surface area contributed by atoms with Crippen LogP contribution < -0.4 is 4.72 Å². The van der Waals surface area contributed by atoms with Gasteiger partial charge in [-0.25, -0.2) is 13.1 Å². The first kappa shape index (κ1) is 15.7. The lowest BCUT2D eigenvalue weighted by Crippen LogP contribution is -2.36. The van der Waals surface area contributed by atoms with Gasteiger partial charge in [0, 0.05) is 15.8 Å². The van der Waals surface area contributed by atoms with E-state index in [1.54, 1.807) is 19.1 Å². The molecule has 0 saturated heterocycles. The third-order valence-electron chi connectivity index (χ3n) is 3.13. The van der Waals surface area contributed by atoms with E-state index >= 15 is 0 Å². The van der Waals surface area contributed by atoms with Crippen molar-refractivity contribution in [2.24, 2.45) is 0 Å². The van der Waals surface area contributed by atoms with E-state index in [1.165, 1.54) is 11.3 Å². The van der Waals surface area contributed by atoms with Crippen molar-refractivity contribution >= 4 is 43.0 Å². The van der Waals surface area contributed by atoms with Gasteiger partial charge in [0.25, 0.3) is 10.0 Å². The quantitative estimate of drug-likeness (QED) is 0.884. The number of aliphatic hydroxyl groups is 1. The number of fused-ring (bicyclic) bond motifs is 1. The van der Waals surface area contributed by atoms with Crippen molar-refractivity contribution in [3.05, 3.63) is 28.8 Å². The Morgan fingerprint density at radius 2 is 2.15 bits per heavy atom. The molecule has 0 aliphatic heterocycles. The second-order valence-corrected chi connectivity index (χ2v) is 7.96. The van der Waals surface area contributed by atoms with Crippen LogP contribution >= 0.6 is 22.9 Å². The Kier molecular flexibility index (Phi) is 4.71. The first-order valence-corrected chi connectivity index (χ1v) is 8.88. The summed E-state index contributed by atoms with van der Waals surface area (Å²) >= 11 is 7.16. The third kappa shape index (κ3) is 2.99. The molecule has 2 rings (SSSR count). The van der Waals surface area contributed by atoms with Crippen LogP contribution in [-0.4, -0.2) is 26.2 Å². The molecule has 2 N–H and O–H groups in total. The lowest BCUT2D eigenvalue weighted by Gasteiger charge is -2.13. The van der Waals surface area contributed by atoms with Gasteiger partial charge in [-0.1, -0.05) is 18.5 Å². The van der Waals surface area contributed by atoms with E-state index in [0.717, 1.165) is 10.1 Å². The molecule has 0 spiro atoms. The Morgan fingerprint density at radius 3 is 2.75 bits per heavy atom. The SMILES string of the molecule is CCC(CO)NS(=O)(=O)c1sc2ccc(Cl)cc2c1C. The standard InChI is InChI=1S/C13H16ClNO3S2/c1-3-10(7-16)15-20(17,18)13-8(2)11-6-9(14)4-5-12(11)19-13/h4-6,10,15-16H,3,7H2,1-2H3. The van der Waals surface area contributed by atoms with Gasteiger partial charge in [0.2, 0.25) is 0 Å². The predicted molar refractivity (Wildman–Crippen MR) is 83.1 cm³/mol. The zero-order chi connectivity index (χ0) is 14.9. The number of halogens is 1. The average molecular weight is 334 g/mol. The molecule has 1 unspecified atom stereocenters. The van der Waals surface area contributed by atoms with Gasteiger partial charge in [0.1, 0.15) is 4.21 Å². The van der Waals surface area contributed by atoms with Crippen LogP contribution in [0, 0.1) is 6.92 Å². The van der Waals surface area contributed by atoms with Crippen molar-refractivity contribution in [3.63, 3.8) is 0 Å². The highest BCUT2D eigenvalue weighted by atomic mass is 35.5. The molecule has 1 aromatic heterocycles. The Labute approximate surface area is 127 Å². The number of aryl methyl sites for hydroxylation is 1. The van der Waals surface area contributed by atoms with Crippen molar-refractivity contribution in [1.82, 2.24) is 4.72 Å². The number of hydrogen-bond acceptors (Lipinski definition) is 4. The fraction of sp³-hybridized carbons (Fsp3) is 0.385. The maximum absolute atomic E-state index is 12.4. The Hall–Kier alpha value is -0.660. The molecule has 4 nitrogen and oxygen atoms in total. The number of benzene rings is 1. The summed E-state index contributed by atoms with van der Waals surface area (Å²) in [5.41, 5.74) is 0.688. The molecule has 0 saturated carbocycles. The first-order valence-electron chi connectivity index (χ1n) is 6.21. The molecular weight excluding hydrogens is 318 g/mol. The first-order chi connectivity index (χ1) is 9.39. The number of thiophene rings is 1. The van der Waals surface area contributed by atoms with Crippen LogP contribution in [-0.2, 0) is 10.0 Å². The van der Waals surface area contributed by atoms with Gasteiger partial charge in [-0.2, -0.15) is 0 Å². The van der Waals surface area contributed by atoms with Gasteiger partial charge < -0.3 is 5.11 Å². The van der Waals surface area contributed by atoms with Crippen LogP contribution in [0.1, 0.15) is 18.9 Å². The smallest absolute Gasteiger partial charge is 0.250 e. The lowest BCUT2D eigenvalue weighted by molar-refractivity contribution is 0.254. The van der Waals surface area contributed by atoms with Crippen LogP contribution in [0.2, 0.25) is 5.02 Å². The average Bonchev–Trinajstić information content (AvgIpc) is 2.74. The molecule has 20 heavy (non-hydrogen) atoms. The van der Waals surface area contributed by atoms with Crippen molar-refractivity contribution in [2.45, 2.75) is 30.5 Å². The Balaban J connectivity index is 2.49. The van der Waals surface area contributed by atoms with E-state index in [9.17, 15) is 8.42 Å². The van der Waals surface area contributed by atoms with Gasteiger partial charge >= 0.3 is 0 Å². The summed E-state index contributed by atoms with van der Waals surface area (Å²) in [5, 5.41) is 10.6. The van der Waals surface area contributed by atoms with E-state index in [-0.39, 0.29) is 10.8 Å². The zero-order valence-electron chi connectivity index (χ0n) is 11.2. The maximum atomic E-state index is 12.4. The molecule has 0 radical (unpaired) electrons. The molecule has 1 heterocycles. The van der Waals surface area contributed by atoms with Crippen LogP contribution in [0.4, 0.5) is 0 Å². The molecule has 0 amide bonds. The molecule has 0 bridgehead atoms. The van der Waals surface area contributed by atoms with Gasteiger partial charge in [0.15, 0.2) is 0 Å². The summed E-state index contributed by atoms with van der Waals surface area (Å²) in [6, 6.07) is 4.86. The van der Waals surface area contributed by atoms with Gasteiger partial charge in [-0.15, -0.1) is 11.3 Å². The summed E-state index contributed by atoms with van der Waals surface area (Å²) in [7, 11) is -3.62. The fourth-order valence-electron chi connectivity index (χ4n) is 1.95. The zero-order valence-corrected chi connectivity index (χ0v) is 13.6. The second-order valence-electron chi connectivity index (χ2n) is 4.56. The van der Waals surface area contributed by atoms with Gasteiger partial charge in [-0.05, 0) is 42.5 Å². The van der Waals surface area contributed by atoms with E-state index in [0.29, 0.717) is 17.0 Å². The van der Waals surface area contributed by atoms with Crippen LogP contribution in [0.5, 0.6) is 0 Å². The van der Waals surface area contributed by atoms with Crippen molar-refractivity contribution < 1.29 is 13.5 Å². The molecule has 0 fully saturated rings. The molecule has 110 valence electrons. The van der Waals surface area contributed by atoms with E-state index in [4.69, 9.17) is 16.7 Å². The van der Waals surface area contributed by atoms with Crippen molar-refractivity contribution in [2.75, 3.05) is 6.61 Å². The minimum atomic E-state index is -3.62. The summed E-state index contributed by atoms with van der Waals surface area (Å²) in [4.78, 5) is 0. The second kappa shape index (κ2) is 5.99. The molecule has 0 aliphatic carbocycles. The molecule has 1 atom stereocenters. The third-order valence-corrected chi connectivity index (χ3v) is 6.78. The molecule has 2 aromatic rings. The number of sulfonamides is 1. The van der Waals surface area contributed by atoms with Gasteiger partial charge in [0.05, 0.1) is 6.61 Å². The number of aliphatic hydroxyl groups excluding tert-OH is 1. The summed E-state index contributed by atoms with van der Waals surface area (Å²) in [5.74, 6) is 0. The lowest BCUT2D eigenvalue weighted by atomic mass is 10.2. The highest BCUT2D eigenvalue weighted by Gasteiger charge is 2.24. The minimum absolute atomic E-state index is 0.217. The predicted octanol–water partition coefficient (Wildman–Crippen LogP) is 2.91. The van der Waals surface area contributed by atoms with Crippen LogP contribution in [0.3, 0.4) is 0 Å². The highest BCUT2D eigenvalue weighted by Crippen LogP contribution is 2.35. The van der Waals surface area contributed by atoms with Crippen LogP contribution in [0.25, 0.3) is 10.1 Å². The largest absolute Gasteiger partial charge is 0.395 e. The normalized spacial score (nSPS) is 13.8. The van der Waals surface area contributed by atoms with Crippen molar-refractivity contribution in [3.8, 4) is 0 Å². The topological polar surface area (TPSA) is 66.4 Å². The summed E-state index contributed by atoms with van der Waals surface area (Å²) in [6.07, 6.45) is 0.533. The minimum Gasteiger partial charge on any atom is -0.395 e. The van der Waals surface area contributed by atoms with Crippen molar-refractivity contribution in [1.29, 1.82) is 0 Å². The maximum Gasteiger partial charge on any atom is 0.250 e. The molecule has 0 aliphatic rings. The Morgan fingerprint density at radius 1 is 1.45 bits per heavy atom. The highest BCUT2D eigenvalue weighted by molar-refractivity contribution is 7.91.